The van der Waals surface area contributed by atoms with Gasteiger partial charge in [0.15, 0.2) is 0 Å². The summed E-state index contributed by atoms with van der Waals surface area (Å²) in [6, 6.07) is 2.86. The second-order valence-corrected chi connectivity index (χ2v) is 4.96. The molecule has 0 atom stereocenters. The Hall–Kier alpha value is -2.18. The summed E-state index contributed by atoms with van der Waals surface area (Å²) in [7, 11) is 0. The number of carbonyl (C=O) groups excluding carboxylic acids is 1. The standard InChI is InChI=1S/C14H18N2O5/c1-2-20-14(17)10-3-6-12(7-4-10)21-13-8-5-11(9-15-13)16(18)19/h5,8-10,12H,2-4,6-7H2,1H3. The zero-order valence-corrected chi connectivity index (χ0v) is 11.9. The van der Waals surface area contributed by atoms with Gasteiger partial charge in [0.25, 0.3) is 5.69 Å². The molecule has 1 aromatic heterocycles. The molecule has 0 aliphatic heterocycles. The van der Waals surface area contributed by atoms with Gasteiger partial charge < -0.3 is 9.47 Å². The molecular weight excluding hydrogens is 276 g/mol. The minimum absolute atomic E-state index is 0.00960. The molecule has 0 unspecified atom stereocenters. The third kappa shape index (κ3) is 4.14. The van der Waals surface area contributed by atoms with Gasteiger partial charge in [-0.05, 0) is 32.6 Å². The van der Waals surface area contributed by atoms with Gasteiger partial charge in [0.05, 0.1) is 17.4 Å². The Bertz CT molecular complexity index is 495. The van der Waals surface area contributed by atoms with E-state index in [-0.39, 0.29) is 23.7 Å². The summed E-state index contributed by atoms with van der Waals surface area (Å²) < 4.78 is 10.7. The van der Waals surface area contributed by atoms with E-state index in [1.807, 2.05) is 0 Å². The van der Waals surface area contributed by atoms with Gasteiger partial charge in [-0.2, -0.15) is 0 Å². The summed E-state index contributed by atoms with van der Waals surface area (Å²) in [5.41, 5.74) is -0.0617. The molecule has 1 aliphatic carbocycles. The average Bonchev–Trinajstić information content (AvgIpc) is 2.49. The van der Waals surface area contributed by atoms with Crippen molar-refractivity contribution in [2.24, 2.45) is 5.92 Å². The number of nitrogens with zero attached hydrogens (tertiary/aromatic N) is 2. The summed E-state index contributed by atoms with van der Waals surface area (Å²) in [5, 5.41) is 10.5. The lowest BCUT2D eigenvalue weighted by Gasteiger charge is -2.27. The van der Waals surface area contributed by atoms with Crippen molar-refractivity contribution in [1.29, 1.82) is 0 Å². The molecule has 1 saturated carbocycles. The highest BCUT2D eigenvalue weighted by atomic mass is 16.6. The van der Waals surface area contributed by atoms with Crippen LogP contribution in [0.3, 0.4) is 0 Å². The highest BCUT2D eigenvalue weighted by Gasteiger charge is 2.28. The number of nitro groups is 1. The number of carbonyl (C=O) groups is 1. The van der Waals surface area contributed by atoms with E-state index in [1.54, 1.807) is 6.92 Å². The van der Waals surface area contributed by atoms with Crippen LogP contribution < -0.4 is 4.74 Å². The Labute approximate surface area is 122 Å². The molecule has 0 spiro atoms. The fourth-order valence-corrected chi connectivity index (χ4v) is 2.40. The number of rotatable bonds is 5. The molecule has 1 aromatic rings. The maximum atomic E-state index is 11.6. The van der Waals surface area contributed by atoms with E-state index in [0.717, 1.165) is 25.7 Å². The van der Waals surface area contributed by atoms with Crippen LogP contribution in [0.4, 0.5) is 5.69 Å². The van der Waals surface area contributed by atoms with Gasteiger partial charge in [-0.15, -0.1) is 0 Å². The molecule has 0 aromatic carbocycles. The summed E-state index contributed by atoms with van der Waals surface area (Å²) >= 11 is 0. The van der Waals surface area contributed by atoms with E-state index in [0.29, 0.717) is 12.5 Å². The highest BCUT2D eigenvalue weighted by Crippen LogP contribution is 2.28. The van der Waals surface area contributed by atoms with Gasteiger partial charge in [-0.3, -0.25) is 14.9 Å². The molecule has 1 fully saturated rings. The van der Waals surface area contributed by atoms with E-state index in [4.69, 9.17) is 9.47 Å². The number of esters is 1. The Morgan fingerprint density at radius 2 is 2.10 bits per heavy atom. The lowest BCUT2D eigenvalue weighted by Crippen LogP contribution is -2.29. The second kappa shape index (κ2) is 7.01. The van der Waals surface area contributed by atoms with E-state index in [2.05, 4.69) is 4.98 Å². The van der Waals surface area contributed by atoms with E-state index in [1.165, 1.54) is 18.3 Å². The molecule has 0 amide bonds. The summed E-state index contributed by atoms with van der Waals surface area (Å²) in [5.74, 6) is 0.194. The molecule has 1 aliphatic rings. The van der Waals surface area contributed by atoms with Crippen LogP contribution in [0, 0.1) is 16.0 Å². The first-order chi connectivity index (χ1) is 10.1. The molecule has 1 heterocycles. The van der Waals surface area contributed by atoms with Gasteiger partial charge in [0.1, 0.15) is 12.3 Å². The van der Waals surface area contributed by atoms with Crippen LogP contribution >= 0.6 is 0 Å². The maximum Gasteiger partial charge on any atom is 0.308 e. The highest BCUT2D eigenvalue weighted by molar-refractivity contribution is 5.72. The maximum absolute atomic E-state index is 11.6. The molecule has 0 saturated heterocycles. The van der Waals surface area contributed by atoms with Crippen LogP contribution in [0.15, 0.2) is 18.3 Å². The Kier molecular flexibility index (Phi) is 5.08. The Morgan fingerprint density at radius 1 is 1.38 bits per heavy atom. The van der Waals surface area contributed by atoms with Crippen molar-refractivity contribution in [3.05, 3.63) is 28.4 Å². The fraction of sp³-hybridized carbons (Fsp3) is 0.571. The summed E-state index contributed by atoms with van der Waals surface area (Å²) in [6.45, 7) is 2.20. The smallest absolute Gasteiger partial charge is 0.308 e. The monoisotopic (exact) mass is 294 g/mol. The van der Waals surface area contributed by atoms with Crippen molar-refractivity contribution >= 4 is 11.7 Å². The third-order valence-corrected chi connectivity index (χ3v) is 3.51. The molecule has 21 heavy (non-hydrogen) atoms. The lowest BCUT2D eigenvalue weighted by molar-refractivity contribution is -0.385. The molecule has 114 valence electrons. The Balaban J connectivity index is 1.83. The molecule has 2 rings (SSSR count). The van der Waals surface area contributed by atoms with Crippen molar-refractivity contribution in [2.75, 3.05) is 6.61 Å². The number of ether oxygens (including phenoxy) is 2. The number of aromatic nitrogens is 1. The molecular formula is C14H18N2O5. The number of pyridine rings is 1. The van der Waals surface area contributed by atoms with Crippen LogP contribution in [0.25, 0.3) is 0 Å². The predicted molar refractivity (Wildman–Crippen MR) is 73.9 cm³/mol. The first-order valence-corrected chi connectivity index (χ1v) is 7.04. The van der Waals surface area contributed by atoms with E-state index < -0.39 is 4.92 Å². The van der Waals surface area contributed by atoms with Crippen molar-refractivity contribution in [2.45, 2.75) is 38.7 Å². The molecule has 7 heteroatoms. The van der Waals surface area contributed by atoms with Crippen molar-refractivity contribution in [3.63, 3.8) is 0 Å². The first-order valence-electron chi connectivity index (χ1n) is 7.04. The first kappa shape index (κ1) is 15.2. The fourth-order valence-electron chi connectivity index (χ4n) is 2.40. The van der Waals surface area contributed by atoms with Crippen molar-refractivity contribution in [3.8, 4) is 5.88 Å². The molecule has 7 nitrogen and oxygen atoms in total. The van der Waals surface area contributed by atoms with Gasteiger partial charge in [-0.25, -0.2) is 4.98 Å². The minimum atomic E-state index is -0.499. The van der Waals surface area contributed by atoms with E-state index in [9.17, 15) is 14.9 Å². The van der Waals surface area contributed by atoms with Crippen LogP contribution in [0.5, 0.6) is 5.88 Å². The molecule has 0 N–H and O–H groups in total. The topological polar surface area (TPSA) is 91.6 Å². The second-order valence-electron chi connectivity index (χ2n) is 4.96. The number of hydrogen-bond acceptors (Lipinski definition) is 6. The summed E-state index contributed by atoms with van der Waals surface area (Å²) in [4.78, 5) is 25.6. The normalized spacial score (nSPS) is 21.6. The molecule has 0 bridgehead atoms. The van der Waals surface area contributed by atoms with Crippen LogP contribution in [0.2, 0.25) is 0 Å². The van der Waals surface area contributed by atoms with Crippen LogP contribution in [-0.2, 0) is 9.53 Å². The molecule has 0 radical (unpaired) electrons. The van der Waals surface area contributed by atoms with Crippen molar-refractivity contribution in [1.82, 2.24) is 4.98 Å². The summed E-state index contributed by atoms with van der Waals surface area (Å²) in [6.07, 6.45) is 4.14. The zero-order chi connectivity index (χ0) is 15.2. The van der Waals surface area contributed by atoms with Crippen molar-refractivity contribution < 1.29 is 19.2 Å². The van der Waals surface area contributed by atoms with Gasteiger partial charge in [-0.1, -0.05) is 0 Å². The van der Waals surface area contributed by atoms with Gasteiger partial charge in [0.2, 0.25) is 5.88 Å². The predicted octanol–water partition coefficient (Wildman–Crippen LogP) is 2.49. The average molecular weight is 294 g/mol. The Morgan fingerprint density at radius 3 is 2.62 bits per heavy atom. The van der Waals surface area contributed by atoms with Crippen LogP contribution in [-0.4, -0.2) is 28.6 Å². The largest absolute Gasteiger partial charge is 0.474 e. The SMILES string of the molecule is CCOC(=O)C1CCC(Oc2ccc([N+](=O)[O-])cn2)CC1. The quantitative estimate of drug-likeness (QED) is 0.470. The lowest BCUT2D eigenvalue weighted by atomic mass is 9.87. The minimum Gasteiger partial charge on any atom is -0.474 e. The third-order valence-electron chi connectivity index (χ3n) is 3.51. The van der Waals surface area contributed by atoms with Gasteiger partial charge >= 0.3 is 5.97 Å². The van der Waals surface area contributed by atoms with Crippen LogP contribution in [0.1, 0.15) is 32.6 Å². The van der Waals surface area contributed by atoms with E-state index >= 15 is 0 Å². The number of hydrogen-bond donors (Lipinski definition) is 0. The van der Waals surface area contributed by atoms with Gasteiger partial charge in [0, 0.05) is 12.1 Å². The zero-order valence-electron chi connectivity index (χ0n) is 11.9.